The minimum Gasteiger partial charge on any atom is -0.460 e. The van der Waals surface area contributed by atoms with E-state index >= 15 is 0 Å². The fourth-order valence-corrected chi connectivity index (χ4v) is 7.75. The Balaban J connectivity index is 0.000000478. The molecule has 3 aromatic rings. The average Bonchev–Trinajstić information content (AvgIpc) is 3.98. The molecule has 3 aliphatic rings. The van der Waals surface area contributed by atoms with Gasteiger partial charge in [0.1, 0.15) is 16.4 Å². The molecule has 72 heavy (non-hydrogen) atoms. The molecule has 6 N–H and O–H groups in total. The fourth-order valence-electron chi connectivity index (χ4n) is 7.65. The van der Waals surface area contributed by atoms with Gasteiger partial charge in [-0.15, -0.1) is 0 Å². The van der Waals surface area contributed by atoms with Crippen LogP contribution in [-0.2, 0) is 50.4 Å². The number of hydrogen-bond donors (Lipinski definition) is 4. The first-order chi connectivity index (χ1) is 33.1. The van der Waals surface area contributed by atoms with Gasteiger partial charge in [0, 0.05) is 50.5 Å². The lowest BCUT2D eigenvalue weighted by Gasteiger charge is -2.20. The third-order valence-corrected chi connectivity index (χ3v) is 10.7. The molecule has 0 bridgehead atoms. The van der Waals surface area contributed by atoms with Crippen molar-refractivity contribution in [2.45, 2.75) is 187 Å². The molecule has 410 valence electrons. The summed E-state index contributed by atoms with van der Waals surface area (Å²) in [7, 11) is 1.00. The number of aliphatic hydroxyl groups is 2. The highest BCUT2D eigenvalue weighted by molar-refractivity contribution is 6.29. The minimum atomic E-state index is -4.46. The highest BCUT2D eigenvalue weighted by atomic mass is 35.5. The molecule has 0 unspecified atom stereocenters. The van der Waals surface area contributed by atoms with E-state index in [0.29, 0.717) is 67.1 Å². The summed E-state index contributed by atoms with van der Waals surface area (Å²) in [5.74, 6) is 1.19. The summed E-state index contributed by atoms with van der Waals surface area (Å²) in [4.78, 5) is 44.1. The van der Waals surface area contributed by atoms with Crippen LogP contribution in [0.4, 0.5) is 39.5 Å². The Hall–Kier alpha value is -4.32. The van der Waals surface area contributed by atoms with E-state index in [1.807, 2.05) is 41.5 Å². The number of halogens is 10. The molecular weight excluding hydrogens is 991 g/mol. The first-order valence-electron chi connectivity index (χ1n) is 23.5. The molecule has 3 aliphatic carbocycles. The molecule has 3 aromatic heterocycles. The molecule has 3 saturated carbocycles. The summed E-state index contributed by atoms with van der Waals surface area (Å²) >= 11 is 5.22. The van der Waals surface area contributed by atoms with E-state index in [4.69, 9.17) is 42.8 Å². The van der Waals surface area contributed by atoms with Crippen molar-refractivity contribution >= 4 is 23.5 Å². The van der Waals surface area contributed by atoms with E-state index in [1.165, 1.54) is 12.4 Å². The SMILES string of the molecule is CC(C)(C)OC(=O)C[C@@H]1CC[C@H](Cc2cnc(C(F)(F)F)cn2)C1.CC(C)(C)OC(=O)C[C@@H]1CC[C@H](N)C1.CC(C)O.CO.FC(F)(F)c1cnc(Cl)cn1.N[C@@H]1CC[C@H](Cc2cnc(C(F)(F)F)cn2)C1. The van der Waals surface area contributed by atoms with Crippen LogP contribution in [0.5, 0.6) is 0 Å². The van der Waals surface area contributed by atoms with Crippen molar-refractivity contribution in [2.24, 2.45) is 35.1 Å². The van der Waals surface area contributed by atoms with Gasteiger partial charge < -0.3 is 31.2 Å². The van der Waals surface area contributed by atoms with Gasteiger partial charge in [-0.3, -0.25) is 19.6 Å². The van der Waals surface area contributed by atoms with Crippen molar-refractivity contribution in [1.29, 1.82) is 0 Å². The predicted molar refractivity (Wildman–Crippen MR) is 251 cm³/mol. The Kier molecular flexibility index (Phi) is 27.5. The van der Waals surface area contributed by atoms with Gasteiger partial charge in [0.05, 0.1) is 36.2 Å². The normalized spacial score (nSPS) is 20.9. The highest BCUT2D eigenvalue weighted by Crippen LogP contribution is 2.36. The second-order valence-corrected chi connectivity index (χ2v) is 20.4. The first kappa shape index (κ1) is 65.7. The third kappa shape index (κ3) is 29.4. The van der Waals surface area contributed by atoms with E-state index in [9.17, 15) is 49.1 Å². The number of ether oxygens (including phenoxy) is 2. The van der Waals surface area contributed by atoms with Crippen LogP contribution in [0.3, 0.4) is 0 Å². The number of esters is 2. The lowest BCUT2D eigenvalue weighted by atomic mass is 9.98. The fraction of sp³-hybridized carbons (Fsp3) is 0.708. The molecule has 14 nitrogen and oxygen atoms in total. The van der Waals surface area contributed by atoms with Gasteiger partial charge in [-0.2, -0.15) is 39.5 Å². The number of alkyl halides is 9. The van der Waals surface area contributed by atoms with Crippen molar-refractivity contribution in [1.82, 2.24) is 29.9 Å². The predicted octanol–water partition coefficient (Wildman–Crippen LogP) is 10.3. The van der Waals surface area contributed by atoms with Crippen molar-refractivity contribution in [3.8, 4) is 0 Å². The van der Waals surface area contributed by atoms with Crippen LogP contribution in [0.15, 0.2) is 37.2 Å². The van der Waals surface area contributed by atoms with Gasteiger partial charge in [-0.05, 0) is 150 Å². The maximum atomic E-state index is 12.5. The molecule has 3 fully saturated rings. The molecular formula is C48H72ClF9N8O6. The molecule has 0 aliphatic heterocycles. The van der Waals surface area contributed by atoms with Gasteiger partial charge in [-0.25, -0.2) is 19.9 Å². The van der Waals surface area contributed by atoms with Crippen LogP contribution in [0.2, 0.25) is 5.15 Å². The number of hydrogen-bond acceptors (Lipinski definition) is 14. The molecule has 0 radical (unpaired) electrons. The number of carbonyl (C=O) groups is 2. The monoisotopic (exact) mass is 1060 g/mol. The minimum absolute atomic E-state index is 0.0574. The Morgan fingerprint density at radius 1 is 0.556 bits per heavy atom. The standard InChI is InChI=1S/C17H23F3N2O2.C11H14F3N3.C11H21NO2.C5H2ClF3N2.C3H8O.CH4O/c1-16(2,3)24-15(23)8-12-5-4-11(6-12)7-13-9-22-14(10-21-13)17(18,19)20;12-11(13,14)10-6-16-9(5-17-10)4-7-1-2-8(15)3-7;1-11(2,3)14-10(13)7-8-4-5-9(12)6-8;6-4-2-10-3(1-11-4)5(7,8)9;1-3(2)4;1-2/h9-12H,4-8H2,1-3H3;5-8H,1-4,15H2;8-9H,4-7,12H2,1-3H3;1-2H;3-4H,1-2H3;2H,1H3/t11-,12+;7-,8+;8-,9+;;;/m001.../s1. The largest absolute Gasteiger partial charge is 0.460 e. The molecule has 24 heteroatoms. The van der Waals surface area contributed by atoms with Crippen molar-refractivity contribution in [2.75, 3.05) is 7.11 Å². The van der Waals surface area contributed by atoms with Crippen LogP contribution in [0, 0.1) is 23.7 Å². The van der Waals surface area contributed by atoms with Crippen LogP contribution in [-0.4, -0.2) is 88.6 Å². The molecule has 3 heterocycles. The van der Waals surface area contributed by atoms with Crippen LogP contribution < -0.4 is 11.5 Å². The lowest BCUT2D eigenvalue weighted by molar-refractivity contribution is -0.157. The van der Waals surface area contributed by atoms with E-state index in [1.54, 1.807) is 13.8 Å². The Morgan fingerprint density at radius 2 is 0.861 bits per heavy atom. The summed E-state index contributed by atoms with van der Waals surface area (Å²) in [5.41, 5.74) is 8.92. The summed E-state index contributed by atoms with van der Waals surface area (Å²) < 4.78 is 120. The number of carbonyl (C=O) groups excluding carboxylic acids is 2. The molecule has 6 atom stereocenters. The molecule has 6 rings (SSSR count). The molecule has 0 saturated heterocycles. The number of nitrogens with zero attached hydrogens (tertiary/aromatic N) is 6. The van der Waals surface area contributed by atoms with Crippen molar-refractivity contribution in [3.05, 3.63) is 70.8 Å². The quantitative estimate of drug-likeness (QED) is 0.122. The topological polar surface area (TPSA) is 222 Å². The van der Waals surface area contributed by atoms with Gasteiger partial charge in [0.2, 0.25) is 0 Å². The average molecular weight is 1060 g/mol. The zero-order chi connectivity index (χ0) is 55.3. The van der Waals surface area contributed by atoms with E-state index in [2.05, 4.69) is 29.9 Å². The molecule has 0 amide bonds. The lowest BCUT2D eigenvalue weighted by Crippen LogP contribution is -2.25. The van der Waals surface area contributed by atoms with Crippen molar-refractivity contribution in [3.63, 3.8) is 0 Å². The summed E-state index contributed by atoms with van der Waals surface area (Å²) in [5, 5.41) is 15.0. The van der Waals surface area contributed by atoms with Gasteiger partial charge >= 0.3 is 30.5 Å². The zero-order valence-electron chi connectivity index (χ0n) is 42.3. The number of nitrogens with two attached hydrogens (primary N) is 2. The second-order valence-electron chi connectivity index (χ2n) is 20.0. The number of aliphatic hydroxyl groups excluding tert-OH is 2. The second kappa shape index (κ2) is 30.1. The highest BCUT2D eigenvalue weighted by Gasteiger charge is 2.35. The zero-order valence-corrected chi connectivity index (χ0v) is 43.1. The summed E-state index contributed by atoms with van der Waals surface area (Å²) in [6.45, 7) is 14.6. The maximum Gasteiger partial charge on any atom is 0.434 e. The Morgan fingerprint density at radius 3 is 1.15 bits per heavy atom. The van der Waals surface area contributed by atoms with Crippen LogP contribution in [0.1, 0.15) is 154 Å². The Labute approximate surface area is 421 Å². The van der Waals surface area contributed by atoms with E-state index in [-0.39, 0.29) is 40.8 Å². The van der Waals surface area contributed by atoms with Crippen molar-refractivity contribution < 1.29 is 68.8 Å². The smallest absolute Gasteiger partial charge is 0.434 e. The first-order valence-corrected chi connectivity index (χ1v) is 23.8. The van der Waals surface area contributed by atoms with Crippen LogP contribution in [0.25, 0.3) is 0 Å². The Bertz CT molecular complexity index is 2000. The van der Waals surface area contributed by atoms with E-state index < -0.39 is 41.2 Å². The molecule has 0 aromatic carbocycles. The summed E-state index contributed by atoms with van der Waals surface area (Å²) in [6, 6.07) is 0.518. The van der Waals surface area contributed by atoms with Gasteiger partial charge in [0.15, 0.2) is 17.1 Å². The van der Waals surface area contributed by atoms with Gasteiger partial charge in [0.25, 0.3) is 0 Å². The summed E-state index contributed by atoms with van der Waals surface area (Å²) in [6.07, 6.45) is 2.87. The van der Waals surface area contributed by atoms with E-state index in [0.717, 1.165) is 83.5 Å². The van der Waals surface area contributed by atoms with Crippen LogP contribution >= 0.6 is 11.6 Å². The molecule has 0 spiro atoms. The third-order valence-electron chi connectivity index (χ3n) is 10.5. The van der Waals surface area contributed by atoms with Gasteiger partial charge in [-0.1, -0.05) is 11.6 Å². The number of aromatic nitrogens is 6. The maximum absolute atomic E-state index is 12.5. The number of rotatable bonds is 8.